The Labute approximate surface area is 523 Å². The van der Waals surface area contributed by atoms with Crippen molar-refractivity contribution in [3.63, 3.8) is 0 Å². The summed E-state index contributed by atoms with van der Waals surface area (Å²) in [7, 11) is 0. The van der Waals surface area contributed by atoms with E-state index in [-0.39, 0.29) is 0 Å². The lowest BCUT2D eigenvalue weighted by molar-refractivity contribution is 0.614. The van der Waals surface area contributed by atoms with Gasteiger partial charge in [-0.2, -0.15) is 0 Å². The van der Waals surface area contributed by atoms with E-state index in [0.29, 0.717) is 0 Å². The zero-order chi connectivity index (χ0) is 61.0. The van der Waals surface area contributed by atoms with E-state index >= 15 is 0 Å². The van der Waals surface area contributed by atoms with Crippen molar-refractivity contribution in [2.45, 2.75) is 238 Å². The first-order valence-corrected chi connectivity index (χ1v) is 33.8. The van der Waals surface area contributed by atoms with Gasteiger partial charge in [-0.25, -0.2) is 0 Å². The second kappa shape index (κ2) is 29.9. The molecule has 0 nitrogen and oxygen atoms in total. The number of rotatable bonds is 0. The molecular weight excluding hydrogens is 1030 g/mol. The second-order valence-electron chi connectivity index (χ2n) is 27.2. The molecule has 0 fully saturated rings. The van der Waals surface area contributed by atoms with E-state index < -0.39 is 0 Å². The highest BCUT2D eigenvalue weighted by molar-refractivity contribution is 5.77. The summed E-state index contributed by atoms with van der Waals surface area (Å²) in [6, 6.07) is 42.8. The lowest BCUT2D eigenvalue weighted by Gasteiger charge is -2.23. The van der Waals surface area contributed by atoms with E-state index in [0.717, 1.165) is 12.8 Å². The van der Waals surface area contributed by atoms with Gasteiger partial charge in [0.2, 0.25) is 0 Å². The van der Waals surface area contributed by atoms with Crippen molar-refractivity contribution in [2.24, 2.45) is 0 Å². The maximum absolute atomic E-state index is 2.31. The molecule has 8 aromatic carbocycles. The van der Waals surface area contributed by atoms with Crippen LogP contribution in [0.1, 0.15) is 221 Å². The third-order valence-electron chi connectivity index (χ3n) is 20.4. The number of allylic oxidation sites excluding steroid dienone is 1. The van der Waals surface area contributed by atoms with Crippen LogP contribution < -0.4 is 0 Å². The number of aryl methyl sites for hydroxylation is 13. The average molecular weight is 1140 g/mol. The van der Waals surface area contributed by atoms with Crippen molar-refractivity contribution >= 4 is 6.08 Å². The monoisotopic (exact) mass is 1140 g/mol. The SMILES string of the molecule is CC1=Cc2ccc(C)cc2C1.Cc1ccc(C)c2c1CC2.Cc1ccc(C)c2c1CCC2.Cc1ccc(C)c2c1CCCC2.Cc1ccc(C)c2c1CCCCC2.Cc1ccc(C)c2c1CCCCCC2.Cc1ccc2c(c1)Cc1cc(C)ccc1-2. The van der Waals surface area contributed by atoms with Gasteiger partial charge in [0.1, 0.15) is 0 Å². The molecule has 0 aromatic heterocycles. The molecule has 0 aliphatic heterocycles. The molecule has 0 unspecified atom stereocenters. The lowest BCUT2D eigenvalue weighted by Crippen LogP contribution is -2.12. The number of fused-ring (bicyclic) bond motifs is 9. The summed E-state index contributed by atoms with van der Waals surface area (Å²) in [5.41, 5.74) is 45.6. The summed E-state index contributed by atoms with van der Waals surface area (Å²) < 4.78 is 0. The fourth-order valence-electron chi connectivity index (χ4n) is 15.1. The molecule has 0 radical (unpaired) electrons. The highest BCUT2D eigenvalue weighted by atomic mass is 14.2. The van der Waals surface area contributed by atoms with Gasteiger partial charge in [-0.3, -0.25) is 0 Å². The Balaban J connectivity index is 0.000000120. The summed E-state index contributed by atoms with van der Waals surface area (Å²) >= 11 is 0. The van der Waals surface area contributed by atoms with Gasteiger partial charge in [-0.05, 0) is 364 Å². The maximum Gasteiger partial charge on any atom is -0.00133 e. The Kier molecular flexibility index (Phi) is 22.3. The number of hydrogen-bond donors (Lipinski definition) is 0. The van der Waals surface area contributed by atoms with Crippen LogP contribution in [-0.4, -0.2) is 0 Å². The van der Waals surface area contributed by atoms with Crippen molar-refractivity contribution in [3.8, 4) is 11.1 Å². The highest BCUT2D eigenvalue weighted by Gasteiger charge is 2.20. The Bertz CT molecular complexity index is 3490. The summed E-state index contributed by atoms with van der Waals surface area (Å²) in [6.07, 6.45) is 31.5. The molecule has 86 heavy (non-hydrogen) atoms. The zero-order valence-corrected chi connectivity index (χ0v) is 56.1. The number of benzene rings is 8. The van der Waals surface area contributed by atoms with Crippen molar-refractivity contribution in [1.29, 1.82) is 0 Å². The highest BCUT2D eigenvalue weighted by Crippen LogP contribution is 2.38. The third-order valence-corrected chi connectivity index (χ3v) is 20.4. The van der Waals surface area contributed by atoms with E-state index in [9.17, 15) is 0 Å². The Morgan fingerprint density at radius 3 is 0.756 bits per heavy atom. The number of hydrogen-bond acceptors (Lipinski definition) is 0. The molecule has 8 aromatic rings. The molecule has 0 spiro atoms. The van der Waals surface area contributed by atoms with Crippen LogP contribution in [0, 0.1) is 90.0 Å². The minimum Gasteiger partial charge on any atom is -0.0683 e. The van der Waals surface area contributed by atoms with Gasteiger partial charge >= 0.3 is 0 Å². The Hall–Kier alpha value is -6.50. The molecule has 0 bridgehead atoms. The van der Waals surface area contributed by atoms with Crippen LogP contribution in [0.2, 0.25) is 0 Å². The summed E-state index contributed by atoms with van der Waals surface area (Å²) in [4.78, 5) is 0. The molecule has 0 heteroatoms. The fourth-order valence-corrected chi connectivity index (χ4v) is 15.1. The third kappa shape index (κ3) is 16.0. The molecule has 15 rings (SSSR count). The minimum atomic E-state index is 1.11. The largest absolute Gasteiger partial charge is 0.0683 e. The van der Waals surface area contributed by atoms with Crippen LogP contribution in [0.25, 0.3) is 17.2 Å². The second-order valence-corrected chi connectivity index (χ2v) is 27.2. The van der Waals surface area contributed by atoms with E-state index in [1.807, 2.05) is 0 Å². The normalized spacial score (nSPS) is 15.1. The van der Waals surface area contributed by atoms with E-state index in [1.54, 1.807) is 55.6 Å². The quantitative estimate of drug-likeness (QED) is 0.133. The molecule has 0 atom stereocenters. The van der Waals surface area contributed by atoms with Crippen LogP contribution in [0.5, 0.6) is 0 Å². The van der Waals surface area contributed by atoms with E-state index in [4.69, 9.17) is 0 Å². The van der Waals surface area contributed by atoms with E-state index in [1.165, 1.54) is 240 Å². The molecule has 0 saturated heterocycles. The van der Waals surface area contributed by atoms with Crippen LogP contribution in [0.4, 0.5) is 0 Å². The van der Waals surface area contributed by atoms with Crippen LogP contribution in [0.3, 0.4) is 0 Å². The predicted octanol–water partition coefficient (Wildman–Crippen LogP) is 22.7. The maximum atomic E-state index is 2.31. The van der Waals surface area contributed by atoms with Gasteiger partial charge in [0.25, 0.3) is 0 Å². The van der Waals surface area contributed by atoms with Gasteiger partial charge in [0.15, 0.2) is 0 Å². The van der Waals surface area contributed by atoms with Gasteiger partial charge in [-0.1, -0.05) is 163 Å². The van der Waals surface area contributed by atoms with Gasteiger partial charge in [0.05, 0.1) is 0 Å². The van der Waals surface area contributed by atoms with Gasteiger partial charge in [0, 0.05) is 0 Å². The molecular formula is C86H106. The fraction of sp³-hybridized carbons (Fsp3) is 0.419. The smallest absolute Gasteiger partial charge is 0.00133 e. The van der Waals surface area contributed by atoms with Crippen molar-refractivity contribution in [1.82, 2.24) is 0 Å². The van der Waals surface area contributed by atoms with Crippen molar-refractivity contribution in [3.05, 3.63) is 271 Å². The molecule has 0 N–H and O–H groups in total. The molecule has 7 aliphatic carbocycles. The van der Waals surface area contributed by atoms with Crippen molar-refractivity contribution < 1.29 is 0 Å². The summed E-state index contributed by atoms with van der Waals surface area (Å²) in [5.74, 6) is 0. The van der Waals surface area contributed by atoms with Gasteiger partial charge in [-0.15, -0.1) is 0 Å². The first-order chi connectivity index (χ1) is 41.4. The Morgan fingerprint density at radius 2 is 0.453 bits per heavy atom. The minimum absolute atomic E-state index is 1.11. The predicted molar refractivity (Wildman–Crippen MR) is 375 cm³/mol. The first kappa shape index (κ1) is 64.0. The molecule has 0 amide bonds. The molecule has 450 valence electrons. The first-order valence-electron chi connectivity index (χ1n) is 33.8. The molecule has 0 saturated carbocycles. The van der Waals surface area contributed by atoms with Gasteiger partial charge < -0.3 is 0 Å². The lowest BCUT2D eigenvalue weighted by atomic mass is 9.82. The zero-order valence-electron chi connectivity index (χ0n) is 56.1. The van der Waals surface area contributed by atoms with Crippen LogP contribution in [-0.2, 0) is 77.0 Å². The average Bonchev–Trinajstić information content (AvgIpc) is 2.29. The Morgan fingerprint density at radius 1 is 0.209 bits per heavy atom. The summed E-state index contributed by atoms with van der Waals surface area (Å²) in [6.45, 7) is 31.0. The topological polar surface area (TPSA) is 0 Å². The van der Waals surface area contributed by atoms with E-state index in [2.05, 4.69) is 218 Å². The molecule has 7 aliphatic rings. The van der Waals surface area contributed by atoms with Crippen LogP contribution in [0.15, 0.2) is 121 Å². The summed E-state index contributed by atoms with van der Waals surface area (Å²) in [5, 5.41) is 0. The standard InChI is InChI=1S/C15H14.C14H20.C13H18.C12H16.C11H12.C11H14.C10H12/c1-10-3-5-14-12(7-10)9-13-8-11(2)4-6-15(13)14;1-11-9-10-12(2)14-8-6-4-3-5-7-13(11)14;1-10-8-9-11(2)13-7-5-3-4-6-12(10)13;1-9-7-8-10(2)12-6-4-3-5-11(9)12;1-8-3-4-10-6-9(2)7-11(10)5-8;1-8-6-7-9(2)11-5-3-4-10(8)11;1-7-3-4-8(2)10-6-5-9(7)10/h3-8H,9H2,1-2H3;9-10H,3-8H2,1-2H3;8-9H,3-7H2,1-2H3;7-8H,3-6H2,1-2H3;3-6H,7H2,1-2H3;6-7H,3-5H2,1-2H3;3-4H,5-6H2,1-2H3. The van der Waals surface area contributed by atoms with Crippen molar-refractivity contribution in [2.75, 3.05) is 0 Å². The molecule has 0 heterocycles. The van der Waals surface area contributed by atoms with Crippen LogP contribution >= 0.6 is 0 Å².